The summed E-state index contributed by atoms with van der Waals surface area (Å²) in [6, 6.07) is 0. The van der Waals surface area contributed by atoms with Crippen LogP contribution in [0.3, 0.4) is 0 Å². The summed E-state index contributed by atoms with van der Waals surface area (Å²) in [7, 11) is 5.92. The fourth-order valence-corrected chi connectivity index (χ4v) is 9.95. The number of esters is 2. The molecule has 95 heavy (non-hydrogen) atoms. The summed E-state index contributed by atoms with van der Waals surface area (Å²) < 4.78 is 22.8. The van der Waals surface area contributed by atoms with Crippen molar-refractivity contribution in [2.75, 3.05) is 47.5 Å². The lowest BCUT2D eigenvalue weighted by Crippen LogP contribution is -2.44. The molecule has 0 amide bonds. The number of carbonyl (C=O) groups excluding carboxylic acids is 3. The van der Waals surface area contributed by atoms with Gasteiger partial charge in [0.2, 0.25) is 0 Å². The van der Waals surface area contributed by atoms with Crippen LogP contribution in [0.15, 0.2) is 182 Å². The van der Waals surface area contributed by atoms with Gasteiger partial charge in [-0.2, -0.15) is 0 Å². The van der Waals surface area contributed by atoms with E-state index in [-0.39, 0.29) is 38.6 Å². The minimum atomic E-state index is -1.64. The van der Waals surface area contributed by atoms with Gasteiger partial charge in [0, 0.05) is 12.8 Å². The Morgan fingerprint density at radius 1 is 0.316 bits per heavy atom. The van der Waals surface area contributed by atoms with Crippen molar-refractivity contribution in [3.63, 3.8) is 0 Å². The number of unbranched alkanes of at least 4 members (excludes halogenated alkanes) is 23. The van der Waals surface area contributed by atoms with Gasteiger partial charge in [0.1, 0.15) is 13.2 Å². The van der Waals surface area contributed by atoms with E-state index in [1.54, 1.807) is 0 Å². The molecule has 0 aromatic heterocycles. The van der Waals surface area contributed by atoms with Crippen molar-refractivity contribution in [2.24, 2.45) is 0 Å². The second-order valence-electron chi connectivity index (χ2n) is 25.8. The van der Waals surface area contributed by atoms with Crippen molar-refractivity contribution in [3.05, 3.63) is 182 Å². The molecule has 0 saturated carbocycles. The third kappa shape index (κ3) is 75.6. The van der Waals surface area contributed by atoms with Crippen LogP contribution >= 0.6 is 0 Å². The molecule has 0 aliphatic carbocycles. The van der Waals surface area contributed by atoms with Gasteiger partial charge in [0.25, 0.3) is 0 Å². The first-order valence-electron chi connectivity index (χ1n) is 37.9. The monoisotopic (exact) mass is 1310 g/mol. The van der Waals surface area contributed by atoms with Gasteiger partial charge in [-0.05, 0) is 135 Å². The van der Waals surface area contributed by atoms with E-state index in [9.17, 15) is 19.5 Å². The maximum absolute atomic E-state index is 13.0. The van der Waals surface area contributed by atoms with Crippen molar-refractivity contribution in [1.29, 1.82) is 0 Å². The fraction of sp³-hybridized carbons (Fsp3) is 0.616. The molecule has 0 N–H and O–H groups in total. The van der Waals surface area contributed by atoms with Crippen LogP contribution in [-0.2, 0) is 33.3 Å². The maximum atomic E-state index is 13.0. The zero-order valence-electron chi connectivity index (χ0n) is 61.2. The van der Waals surface area contributed by atoms with E-state index in [2.05, 4.69) is 196 Å². The first-order valence-corrected chi connectivity index (χ1v) is 37.9. The minimum Gasteiger partial charge on any atom is -0.545 e. The molecular formula is C86H139NO8. The number of nitrogens with zero attached hydrogens (tertiary/aromatic N) is 1. The predicted molar refractivity (Wildman–Crippen MR) is 407 cm³/mol. The number of aliphatic carboxylic acids is 1. The number of allylic oxidation sites excluding steroid dienone is 30. The Morgan fingerprint density at radius 3 is 0.842 bits per heavy atom. The third-order valence-corrected chi connectivity index (χ3v) is 15.6. The van der Waals surface area contributed by atoms with Crippen LogP contribution in [0.25, 0.3) is 0 Å². The SMILES string of the molecule is CC/C=C\C/C=C\C/C=C\C/C=C\C/C=C\C/C=C\C/C=C\C/C=C\CCCCCCCCCCC(=O)OC(COC(=O)CCCCCCCCCCCCCCCCC/C=C\C/C=C\C/C=C\C/C=C\C/C=C\C/C=C\C/C=C\CC)COC(OCC[N+](C)(C)C)C(=O)[O-]. The van der Waals surface area contributed by atoms with Gasteiger partial charge in [0.05, 0.1) is 40.3 Å². The number of carboxylic acid groups (broad SMARTS) is 1. The Labute approximate surface area is 583 Å². The van der Waals surface area contributed by atoms with Crippen LogP contribution in [0, 0.1) is 0 Å². The Balaban J connectivity index is 4.14. The lowest BCUT2D eigenvalue weighted by Gasteiger charge is -2.26. The molecule has 0 aliphatic heterocycles. The zero-order valence-corrected chi connectivity index (χ0v) is 61.2. The highest BCUT2D eigenvalue weighted by Crippen LogP contribution is 2.17. The average molecular weight is 1320 g/mol. The summed E-state index contributed by atoms with van der Waals surface area (Å²) in [6.07, 6.45) is 110. The summed E-state index contributed by atoms with van der Waals surface area (Å²) in [6.45, 7) is 4.51. The first-order chi connectivity index (χ1) is 46.6. The van der Waals surface area contributed by atoms with Gasteiger partial charge in [-0.3, -0.25) is 9.59 Å². The van der Waals surface area contributed by atoms with Crippen LogP contribution in [0.2, 0.25) is 0 Å². The Bertz CT molecular complexity index is 2220. The molecular weight excluding hydrogens is 1170 g/mol. The molecule has 0 bridgehead atoms. The first kappa shape index (κ1) is 89.4. The van der Waals surface area contributed by atoms with E-state index in [4.69, 9.17) is 18.9 Å². The quantitative estimate of drug-likeness (QED) is 0.0195. The molecule has 0 saturated heterocycles. The van der Waals surface area contributed by atoms with E-state index < -0.39 is 24.3 Å². The Morgan fingerprint density at radius 2 is 0.568 bits per heavy atom. The second kappa shape index (κ2) is 74.2. The van der Waals surface area contributed by atoms with Crippen molar-refractivity contribution in [2.45, 2.75) is 296 Å². The van der Waals surface area contributed by atoms with E-state index in [1.807, 2.05) is 21.1 Å². The number of likely N-dealkylation sites (N-methyl/N-ethyl adjacent to an activating group) is 1. The molecule has 0 aliphatic rings. The van der Waals surface area contributed by atoms with E-state index >= 15 is 0 Å². The molecule has 0 spiro atoms. The number of hydrogen-bond acceptors (Lipinski definition) is 8. The van der Waals surface area contributed by atoms with Crippen molar-refractivity contribution in [1.82, 2.24) is 0 Å². The number of rotatable bonds is 68. The highest BCUT2D eigenvalue weighted by atomic mass is 16.7. The minimum absolute atomic E-state index is 0.138. The predicted octanol–water partition coefficient (Wildman–Crippen LogP) is 23.0. The zero-order chi connectivity index (χ0) is 69.0. The highest BCUT2D eigenvalue weighted by molar-refractivity contribution is 5.70. The summed E-state index contributed by atoms with van der Waals surface area (Å²) in [5.74, 6) is -2.30. The van der Waals surface area contributed by atoms with Gasteiger partial charge >= 0.3 is 11.9 Å². The number of hydrogen-bond donors (Lipinski definition) is 0. The summed E-state index contributed by atoms with van der Waals surface area (Å²) in [5.41, 5.74) is 0. The maximum Gasteiger partial charge on any atom is 0.306 e. The number of ether oxygens (including phenoxy) is 4. The van der Waals surface area contributed by atoms with Crippen molar-refractivity contribution >= 4 is 17.9 Å². The smallest absolute Gasteiger partial charge is 0.306 e. The number of carbonyl (C=O) groups is 3. The standard InChI is InChI=1S/C86H139NO8/c1-6-8-10-12-14-16-18-20-22-24-26-28-30-32-34-36-38-40-41-42-43-45-46-48-50-52-54-56-58-60-62-64-66-68-70-72-74-76-83(88)93-80-82(81-94-86(85(90)91)92-79-78-87(3,4)5)95-84(89)77-75-73-71-69-67-65-63-61-59-57-55-53-51-49-47-44-39-37-35-33-31-29-27-25-23-21-19-17-15-13-11-9-7-2/h8-11,14-17,20-23,26-29,32-35,38-40,42-44,49,51,55,57,82,86H,6-7,12-13,18-19,24-25,30-31,36-37,41,45-48,50,52-54,56,58-81H2,1-5H3/b10-8-,11-9-,16-14-,17-15-,22-20-,23-21-,28-26-,29-27-,34-32-,35-33-,40-38-,43-42-,44-39-,51-49-,57-55-. The van der Waals surface area contributed by atoms with E-state index in [0.717, 1.165) is 141 Å². The molecule has 0 aromatic rings. The molecule has 536 valence electrons. The van der Waals surface area contributed by atoms with Gasteiger partial charge in [-0.25, -0.2) is 0 Å². The number of quaternary nitrogens is 1. The van der Waals surface area contributed by atoms with Crippen LogP contribution in [0.5, 0.6) is 0 Å². The van der Waals surface area contributed by atoms with Gasteiger partial charge < -0.3 is 33.3 Å². The molecule has 0 rings (SSSR count). The Kier molecular flexibility index (Phi) is 69.8. The number of carboxylic acids is 1. The Hall–Kier alpha value is -5.61. The molecule has 9 heteroatoms. The average Bonchev–Trinajstić information content (AvgIpc) is 3.75. The normalized spacial score (nSPS) is 13.7. The largest absolute Gasteiger partial charge is 0.545 e. The molecule has 9 nitrogen and oxygen atoms in total. The second-order valence-corrected chi connectivity index (χ2v) is 25.8. The molecule has 2 unspecified atom stereocenters. The molecule has 0 aromatic carbocycles. The van der Waals surface area contributed by atoms with Crippen LogP contribution in [0.4, 0.5) is 0 Å². The van der Waals surface area contributed by atoms with Crippen molar-refractivity contribution < 1.29 is 42.9 Å². The summed E-state index contributed by atoms with van der Waals surface area (Å²) >= 11 is 0. The van der Waals surface area contributed by atoms with E-state index in [1.165, 1.54) is 109 Å². The fourth-order valence-electron chi connectivity index (χ4n) is 9.95. The van der Waals surface area contributed by atoms with Gasteiger partial charge in [-0.15, -0.1) is 0 Å². The molecule has 0 radical (unpaired) electrons. The lowest BCUT2D eigenvalue weighted by atomic mass is 10.0. The summed E-state index contributed by atoms with van der Waals surface area (Å²) in [5, 5.41) is 11.9. The molecule has 0 heterocycles. The van der Waals surface area contributed by atoms with Crippen LogP contribution < -0.4 is 5.11 Å². The van der Waals surface area contributed by atoms with Crippen LogP contribution in [0.1, 0.15) is 284 Å². The third-order valence-electron chi connectivity index (χ3n) is 15.6. The van der Waals surface area contributed by atoms with Gasteiger partial charge in [0.15, 0.2) is 12.4 Å². The molecule has 0 fully saturated rings. The molecule has 2 atom stereocenters. The van der Waals surface area contributed by atoms with Crippen molar-refractivity contribution in [3.8, 4) is 0 Å². The topological polar surface area (TPSA) is 111 Å². The van der Waals surface area contributed by atoms with Gasteiger partial charge in [-0.1, -0.05) is 318 Å². The van der Waals surface area contributed by atoms with Crippen LogP contribution in [-0.4, -0.2) is 82.3 Å². The summed E-state index contributed by atoms with van der Waals surface area (Å²) in [4.78, 5) is 37.6. The highest BCUT2D eigenvalue weighted by Gasteiger charge is 2.22. The lowest BCUT2D eigenvalue weighted by molar-refractivity contribution is -0.870. The van der Waals surface area contributed by atoms with E-state index in [0.29, 0.717) is 17.4 Å².